The zero-order chi connectivity index (χ0) is 11.5. The Morgan fingerprint density at radius 2 is 2.31 bits per heavy atom. The van der Waals surface area contributed by atoms with Gasteiger partial charge in [0.2, 0.25) is 5.13 Å². The summed E-state index contributed by atoms with van der Waals surface area (Å²) in [4.78, 5) is 2.21. The summed E-state index contributed by atoms with van der Waals surface area (Å²) >= 11 is 1.47. The molecule has 4 N–H and O–H groups in total. The number of aromatic nitrogens is 2. The van der Waals surface area contributed by atoms with E-state index in [1.165, 1.54) is 11.3 Å². The van der Waals surface area contributed by atoms with E-state index in [0.29, 0.717) is 11.0 Å². The Morgan fingerprint density at radius 3 is 2.88 bits per heavy atom. The van der Waals surface area contributed by atoms with Gasteiger partial charge in [-0.05, 0) is 25.8 Å². The first kappa shape index (κ1) is 11.7. The van der Waals surface area contributed by atoms with E-state index in [1.807, 2.05) is 0 Å². The van der Waals surface area contributed by atoms with Gasteiger partial charge in [-0.1, -0.05) is 11.3 Å². The molecule has 16 heavy (non-hydrogen) atoms. The zero-order valence-corrected chi connectivity index (χ0v) is 10.1. The van der Waals surface area contributed by atoms with E-state index >= 15 is 0 Å². The number of hydrogen-bond acceptors (Lipinski definition) is 7. The highest BCUT2D eigenvalue weighted by Gasteiger charge is 2.27. The van der Waals surface area contributed by atoms with Crippen LogP contribution in [0.3, 0.4) is 0 Å². The Morgan fingerprint density at radius 1 is 1.56 bits per heavy atom. The van der Waals surface area contributed by atoms with Gasteiger partial charge in [-0.25, -0.2) is 5.84 Å². The summed E-state index contributed by atoms with van der Waals surface area (Å²) in [6, 6.07) is 0. The van der Waals surface area contributed by atoms with E-state index in [2.05, 4.69) is 27.6 Å². The number of aliphatic hydroxyl groups is 1. The fourth-order valence-corrected chi connectivity index (χ4v) is 2.69. The minimum atomic E-state index is -0.0760. The van der Waals surface area contributed by atoms with Crippen LogP contribution in [0.4, 0.5) is 5.13 Å². The first-order chi connectivity index (χ1) is 7.67. The SMILES string of the molecule is CN(Cc1nnc(NN)s1)CC1CC(O)C1. The summed E-state index contributed by atoms with van der Waals surface area (Å²) in [6.07, 6.45) is 1.78. The second kappa shape index (κ2) is 5.05. The molecule has 6 nitrogen and oxygen atoms in total. The molecule has 0 bridgehead atoms. The molecule has 2 rings (SSSR count). The van der Waals surface area contributed by atoms with Crippen molar-refractivity contribution in [3.63, 3.8) is 0 Å². The third-order valence-corrected chi connectivity index (χ3v) is 3.62. The summed E-state index contributed by atoms with van der Waals surface area (Å²) in [6.45, 7) is 1.79. The van der Waals surface area contributed by atoms with E-state index in [-0.39, 0.29) is 6.10 Å². The van der Waals surface area contributed by atoms with Gasteiger partial charge in [-0.3, -0.25) is 10.3 Å². The smallest absolute Gasteiger partial charge is 0.219 e. The van der Waals surface area contributed by atoms with Crippen LogP contribution in [-0.4, -0.2) is 39.9 Å². The number of aliphatic hydroxyl groups excluding tert-OH is 1. The quantitative estimate of drug-likeness (QED) is 0.499. The number of anilines is 1. The second-order valence-electron chi connectivity index (χ2n) is 4.33. The number of nitrogen functional groups attached to an aromatic ring is 1. The summed E-state index contributed by atoms with van der Waals surface area (Å²) < 4.78 is 0. The molecule has 1 saturated carbocycles. The van der Waals surface area contributed by atoms with E-state index in [4.69, 9.17) is 5.84 Å². The maximum absolute atomic E-state index is 9.20. The standard InChI is InChI=1S/C9H17N5OS/c1-14(4-6-2-7(15)3-6)5-8-12-13-9(11-10)16-8/h6-7,15H,2-5,10H2,1H3,(H,11,13). The molecule has 1 aromatic heterocycles. The van der Waals surface area contributed by atoms with Crippen LogP contribution in [0.15, 0.2) is 0 Å². The number of rotatable bonds is 5. The zero-order valence-electron chi connectivity index (χ0n) is 9.26. The molecule has 1 heterocycles. The normalized spacial score (nSPS) is 24.5. The molecule has 0 radical (unpaired) electrons. The monoisotopic (exact) mass is 243 g/mol. The molecular weight excluding hydrogens is 226 g/mol. The van der Waals surface area contributed by atoms with Crippen molar-refractivity contribution >= 4 is 16.5 Å². The number of nitrogens with zero attached hydrogens (tertiary/aromatic N) is 3. The van der Waals surface area contributed by atoms with Gasteiger partial charge in [-0.2, -0.15) is 0 Å². The number of hydrogen-bond donors (Lipinski definition) is 3. The van der Waals surface area contributed by atoms with Crippen molar-refractivity contribution in [3.05, 3.63) is 5.01 Å². The summed E-state index contributed by atoms with van der Waals surface area (Å²) in [5.41, 5.74) is 2.48. The van der Waals surface area contributed by atoms with Gasteiger partial charge in [0.05, 0.1) is 12.6 Å². The number of nitrogens with one attached hydrogen (secondary N) is 1. The highest BCUT2D eigenvalue weighted by atomic mass is 32.1. The van der Waals surface area contributed by atoms with Crippen LogP contribution in [0.2, 0.25) is 0 Å². The maximum Gasteiger partial charge on any atom is 0.219 e. The first-order valence-corrected chi connectivity index (χ1v) is 6.14. The van der Waals surface area contributed by atoms with Crippen LogP contribution in [0.25, 0.3) is 0 Å². The third kappa shape index (κ3) is 2.88. The van der Waals surface area contributed by atoms with Crippen molar-refractivity contribution < 1.29 is 5.11 Å². The van der Waals surface area contributed by atoms with Crippen molar-refractivity contribution in [1.29, 1.82) is 0 Å². The summed E-state index contributed by atoms with van der Waals surface area (Å²) in [5, 5.41) is 18.7. The Labute approximate surface area is 98.4 Å². The Bertz CT molecular complexity index is 338. The molecule has 0 unspecified atom stereocenters. The fraction of sp³-hybridized carbons (Fsp3) is 0.778. The average Bonchev–Trinajstić information content (AvgIpc) is 2.63. The first-order valence-electron chi connectivity index (χ1n) is 5.33. The van der Waals surface area contributed by atoms with Gasteiger partial charge in [0.1, 0.15) is 5.01 Å². The van der Waals surface area contributed by atoms with Gasteiger partial charge in [0, 0.05) is 6.54 Å². The highest BCUT2D eigenvalue weighted by Crippen LogP contribution is 2.28. The lowest BCUT2D eigenvalue weighted by Crippen LogP contribution is -2.36. The van der Waals surface area contributed by atoms with E-state index < -0.39 is 0 Å². The van der Waals surface area contributed by atoms with E-state index in [0.717, 1.165) is 30.9 Å². The second-order valence-corrected chi connectivity index (χ2v) is 5.40. The lowest BCUT2D eigenvalue weighted by atomic mass is 9.82. The van der Waals surface area contributed by atoms with Crippen molar-refractivity contribution in [3.8, 4) is 0 Å². The van der Waals surface area contributed by atoms with Crippen LogP contribution in [0, 0.1) is 5.92 Å². The molecule has 0 aliphatic heterocycles. The molecule has 0 atom stereocenters. The lowest BCUT2D eigenvalue weighted by Gasteiger charge is -2.34. The predicted molar refractivity (Wildman–Crippen MR) is 62.8 cm³/mol. The molecule has 90 valence electrons. The molecule has 0 spiro atoms. The average molecular weight is 243 g/mol. The molecule has 1 fully saturated rings. The molecule has 0 aromatic carbocycles. The van der Waals surface area contributed by atoms with Crippen molar-refractivity contribution in [1.82, 2.24) is 15.1 Å². The van der Waals surface area contributed by atoms with Crippen LogP contribution >= 0.6 is 11.3 Å². The van der Waals surface area contributed by atoms with Crippen LogP contribution < -0.4 is 11.3 Å². The van der Waals surface area contributed by atoms with E-state index in [9.17, 15) is 5.11 Å². The Hall–Kier alpha value is -0.760. The minimum absolute atomic E-state index is 0.0760. The molecule has 7 heteroatoms. The van der Waals surface area contributed by atoms with E-state index in [1.54, 1.807) is 0 Å². The third-order valence-electron chi connectivity index (χ3n) is 2.78. The maximum atomic E-state index is 9.20. The molecule has 0 amide bonds. The lowest BCUT2D eigenvalue weighted by molar-refractivity contribution is 0.0273. The van der Waals surface area contributed by atoms with Gasteiger partial charge >= 0.3 is 0 Å². The van der Waals surface area contributed by atoms with Crippen LogP contribution in [0.5, 0.6) is 0 Å². The Balaban J connectivity index is 1.76. The summed E-state index contributed by atoms with van der Waals surface area (Å²) in [5.74, 6) is 5.86. The highest BCUT2D eigenvalue weighted by molar-refractivity contribution is 7.15. The number of nitrogens with two attached hydrogens (primary N) is 1. The Kier molecular flexibility index (Phi) is 3.70. The van der Waals surface area contributed by atoms with Crippen LogP contribution in [0.1, 0.15) is 17.8 Å². The van der Waals surface area contributed by atoms with Crippen molar-refractivity contribution in [2.24, 2.45) is 11.8 Å². The number of hydrazine groups is 1. The predicted octanol–water partition coefficient (Wildman–Crippen LogP) is 0.0264. The fourth-order valence-electron chi connectivity index (χ4n) is 1.96. The summed E-state index contributed by atoms with van der Waals surface area (Å²) in [7, 11) is 2.06. The van der Waals surface area contributed by atoms with Gasteiger partial charge in [0.15, 0.2) is 0 Å². The van der Waals surface area contributed by atoms with Crippen molar-refractivity contribution in [2.45, 2.75) is 25.5 Å². The van der Waals surface area contributed by atoms with Crippen molar-refractivity contribution in [2.75, 3.05) is 19.0 Å². The topological polar surface area (TPSA) is 87.3 Å². The molecule has 1 aromatic rings. The van der Waals surface area contributed by atoms with Gasteiger partial charge < -0.3 is 5.11 Å². The molecular formula is C9H17N5OS. The largest absolute Gasteiger partial charge is 0.393 e. The van der Waals surface area contributed by atoms with Crippen LogP contribution in [-0.2, 0) is 6.54 Å². The van der Waals surface area contributed by atoms with Gasteiger partial charge in [0.25, 0.3) is 0 Å². The molecule has 0 saturated heterocycles. The molecule has 1 aliphatic rings. The van der Waals surface area contributed by atoms with Gasteiger partial charge in [-0.15, -0.1) is 10.2 Å². The minimum Gasteiger partial charge on any atom is -0.393 e. The molecule has 1 aliphatic carbocycles.